The summed E-state index contributed by atoms with van der Waals surface area (Å²) in [5, 5.41) is 8.39. The fraction of sp³-hybridized carbons (Fsp3) is 0.556. The maximum Gasteiger partial charge on any atom is 0.341 e. The minimum atomic E-state index is -3.19. The van der Waals surface area contributed by atoms with E-state index in [-0.39, 0.29) is 42.6 Å². The Morgan fingerprint density at radius 2 is 2.03 bits per heavy atom. The van der Waals surface area contributed by atoms with Crippen LogP contribution in [0.3, 0.4) is 0 Å². The zero-order chi connectivity index (χ0) is 21.3. The third kappa shape index (κ3) is 4.50. The van der Waals surface area contributed by atoms with Crippen molar-refractivity contribution in [2.45, 2.75) is 46.1 Å². The lowest BCUT2D eigenvalue weighted by atomic mass is 10.1. The predicted octanol–water partition coefficient (Wildman–Crippen LogP) is 1.65. The first-order valence-corrected chi connectivity index (χ1v) is 11.9. The van der Waals surface area contributed by atoms with Gasteiger partial charge in [0.2, 0.25) is 5.91 Å². The highest BCUT2D eigenvalue weighted by Crippen LogP contribution is 2.33. The molecule has 1 fully saturated rings. The van der Waals surface area contributed by atoms with E-state index in [1.165, 1.54) is 11.3 Å². The molecule has 1 saturated heterocycles. The monoisotopic (exact) mass is 441 g/mol. The molecule has 9 nitrogen and oxygen atoms in total. The average Bonchev–Trinajstić information content (AvgIpc) is 3.14. The Kier molecular flexibility index (Phi) is 6.08. The summed E-state index contributed by atoms with van der Waals surface area (Å²) >= 11 is 1.27. The van der Waals surface area contributed by atoms with Gasteiger partial charge in [-0.15, -0.1) is 11.3 Å². The van der Waals surface area contributed by atoms with Gasteiger partial charge in [-0.25, -0.2) is 18.2 Å². The lowest BCUT2D eigenvalue weighted by Gasteiger charge is -2.27. The third-order valence-electron chi connectivity index (χ3n) is 4.97. The zero-order valence-corrected chi connectivity index (χ0v) is 18.1. The van der Waals surface area contributed by atoms with Crippen LogP contribution in [0.4, 0.5) is 5.00 Å². The molecule has 1 atom stereocenters. The number of anilines is 1. The summed E-state index contributed by atoms with van der Waals surface area (Å²) in [6.07, 6.45) is 0.539. The van der Waals surface area contributed by atoms with Gasteiger partial charge in [-0.3, -0.25) is 9.59 Å². The summed E-state index contributed by atoms with van der Waals surface area (Å²) in [6.45, 7) is 5.55. The van der Waals surface area contributed by atoms with Crippen molar-refractivity contribution in [3.63, 3.8) is 0 Å². The Hall–Kier alpha value is -2.27. The molecule has 1 N–H and O–H groups in total. The number of thiophene rings is 1. The number of rotatable bonds is 5. The summed E-state index contributed by atoms with van der Waals surface area (Å²) in [7, 11) is -3.19. The maximum absolute atomic E-state index is 12.8. The molecule has 0 bridgehead atoms. The standard InChI is InChI=1S/C18H23N3O6S2/c1-4-27-18(24)15-10(2)11(3)28-17(15)19-16(23)13-5-6-14(22)21(20-13)12-7-8-29(25,26)9-12/h12H,4-9H2,1-3H3,(H,19,23)/t12-/m0/s1. The smallest absolute Gasteiger partial charge is 0.341 e. The molecule has 29 heavy (non-hydrogen) atoms. The lowest BCUT2D eigenvalue weighted by Crippen LogP contribution is -2.42. The van der Waals surface area contributed by atoms with E-state index in [4.69, 9.17) is 4.74 Å². The quantitative estimate of drug-likeness (QED) is 0.693. The highest BCUT2D eigenvalue weighted by atomic mass is 32.2. The van der Waals surface area contributed by atoms with Crippen molar-refractivity contribution in [3.8, 4) is 0 Å². The Balaban J connectivity index is 1.82. The van der Waals surface area contributed by atoms with Crippen molar-refractivity contribution in [2.75, 3.05) is 23.4 Å². The van der Waals surface area contributed by atoms with Crippen LogP contribution in [0.25, 0.3) is 0 Å². The van der Waals surface area contributed by atoms with Crippen LogP contribution < -0.4 is 5.32 Å². The Morgan fingerprint density at radius 3 is 2.66 bits per heavy atom. The van der Waals surface area contributed by atoms with Gasteiger partial charge in [0.25, 0.3) is 5.91 Å². The van der Waals surface area contributed by atoms with E-state index in [1.807, 2.05) is 6.92 Å². The number of nitrogens with zero attached hydrogens (tertiary/aromatic N) is 2. The number of aryl methyl sites for hydroxylation is 1. The second-order valence-corrected chi connectivity index (χ2v) is 10.5. The fourth-order valence-corrected chi connectivity index (χ4v) is 6.06. The van der Waals surface area contributed by atoms with Crippen LogP contribution in [0.15, 0.2) is 5.10 Å². The third-order valence-corrected chi connectivity index (χ3v) is 7.84. The van der Waals surface area contributed by atoms with Gasteiger partial charge < -0.3 is 10.1 Å². The number of ether oxygens (including phenoxy) is 1. The summed E-state index contributed by atoms with van der Waals surface area (Å²) < 4.78 is 28.5. The van der Waals surface area contributed by atoms with Gasteiger partial charge in [0.05, 0.1) is 29.7 Å². The van der Waals surface area contributed by atoms with Gasteiger partial charge in [-0.2, -0.15) is 5.10 Å². The fourth-order valence-electron chi connectivity index (χ4n) is 3.33. The first kappa shape index (κ1) is 21.4. The largest absolute Gasteiger partial charge is 0.462 e. The van der Waals surface area contributed by atoms with Crippen LogP contribution in [0.5, 0.6) is 0 Å². The summed E-state index contributed by atoms with van der Waals surface area (Å²) in [5.41, 5.74) is 1.18. The van der Waals surface area contributed by atoms with Crippen molar-refractivity contribution >= 4 is 49.7 Å². The van der Waals surface area contributed by atoms with Crippen LogP contribution in [0.2, 0.25) is 0 Å². The predicted molar refractivity (Wildman–Crippen MR) is 109 cm³/mol. The van der Waals surface area contributed by atoms with E-state index in [0.29, 0.717) is 17.0 Å². The first-order chi connectivity index (χ1) is 13.6. The van der Waals surface area contributed by atoms with Crippen LogP contribution >= 0.6 is 11.3 Å². The molecule has 1 aromatic heterocycles. The van der Waals surface area contributed by atoms with Crippen molar-refractivity contribution in [3.05, 3.63) is 16.0 Å². The molecule has 3 heterocycles. The van der Waals surface area contributed by atoms with E-state index in [9.17, 15) is 22.8 Å². The van der Waals surface area contributed by atoms with E-state index in [2.05, 4.69) is 10.4 Å². The number of sulfone groups is 1. The Labute approximate surface area is 173 Å². The number of carbonyl (C=O) groups is 3. The number of hydrazone groups is 1. The van der Waals surface area contributed by atoms with E-state index < -0.39 is 27.8 Å². The van der Waals surface area contributed by atoms with Gasteiger partial charge >= 0.3 is 5.97 Å². The number of hydrogen-bond acceptors (Lipinski definition) is 8. The number of esters is 1. The van der Waals surface area contributed by atoms with Crippen LogP contribution in [-0.2, 0) is 24.2 Å². The maximum atomic E-state index is 12.8. The summed E-state index contributed by atoms with van der Waals surface area (Å²) in [5.74, 6) is -1.46. The average molecular weight is 442 g/mol. The van der Waals surface area contributed by atoms with Gasteiger partial charge in [0, 0.05) is 17.7 Å². The minimum Gasteiger partial charge on any atom is -0.462 e. The van der Waals surface area contributed by atoms with Crippen molar-refractivity contribution in [1.82, 2.24) is 5.01 Å². The Bertz CT molecular complexity index is 995. The van der Waals surface area contributed by atoms with Crippen molar-refractivity contribution < 1.29 is 27.5 Å². The van der Waals surface area contributed by atoms with E-state index in [1.54, 1.807) is 13.8 Å². The summed E-state index contributed by atoms with van der Waals surface area (Å²) in [6, 6.07) is -0.545. The highest BCUT2D eigenvalue weighted by Gasteiger charge is 2.37. The van der Waals surface area contributed by atoms with Crippen LogP contribution in [0.1, 0.15) is 47.0 Å². The molecular weight excluding hydrogens is 418 g/mol. The molecule has 0 aliphatic carbocycles. The molecule has 0 spiro atoms. The topological polar surface area (TPSA) is 122 Å². The second-order valence-electron chi connectivity index (χ2n) is 7.00. The number of carbonyl (C=O) groups excluding carboxylic acids is 3. The normalized spacial score (nSPS) is 21.1. The zero-order valence-electron chi connectivity index (χ0n) is 16.5. The van der Waals surface area contributed by atoms with Crippen LogP contribution in [-0.4, -0.2) is 61.1 Å². The number of amides is 2. The molecule has 2 aliphatic rings. The minimum absolute atomic E-state index is 0.00907. The summed E-state index contributed by atoms with van der Waals surface area (Å²) in [4.78, 5) is 38.1. The molecule has 0 radical (unpaired) electrons. The van der Waals surface area contributed by atoms with Gasteiger partial charge in [-0.1, -0.05) is 0 Å². The molecule has 1 aromatic rings. The molecular formula is C18H23N3O6S2. The van der Waals surface area contributed by atoms with Gasteiger partial charge in [0.15, 0.2) is 9.84 Å². The number of nitrogens with one attached hydrogen (secondary N) is 1. The van der Waals surface area contributed by atoms with Crippen molar-refractivity contribution in [1.29, 1.82) is 0 Å². The molecule has 11 heteroatoms. The van der Waals surface area contributed by atoms with Gasteiger partial charge in [-0.05, 0) is 32.8 Å². The van der Waals surface area contributed by atoms with Gasteiger partial charge in [0.1, 0.15) is 10.7 Å². The highest BCUT2D eigenvalue weighted by molar-refractivity contribution is 7.91. The molecule has 3 rings (SSSR count). The molecule has 158 valence electrons. The molecule has 0 unspecified atom stereocenters. The molecule has 0 saturated carbocycles. The molecule has 2 amide bonds. The second kappa shape index (κ2) is 8.23. The SMILES string of the molecule is CCOC(=O)c1c(NC(=O)C2=NN([C@H]3CCS(=O)(=O)C3)C(=O)CC2)sc(C)c1C. The van der Waals surface area contributed by atoms with E-state index >= 15 is 0 Å². The first-order valence-electron chi connectivity index (χ1n) is 9.31. The van der Waals surface area contributed by atoms with Crippen LogP contribution in [0, 0.1) is 13.8 Å². The Morgan fingerprint density at radius 1 is 1.31 bits per heavy atom. The molecule has 2 aliphatic heterocycles. The van der Waals surface area contributed by atoms with E-state index in [0.717, 1.165) is 15.4 Å². The van der Waals surface area contributed by atoms with Crippen molar-refractivity contribution in [2.24, 2.45) is 5.10 Å². The number of hydrogen-bond donors (Lipinski definition) is 1. The lowest BCUT2D eigenvalue weighted by molar-refractivity contribution is -0.133. The molecule has 0 aromatic carbocycles.